The maximum absolute atomic E-state index is 4.59. The molecule has 0 amide bonds. The summed E-state index contributed by atoms with van der Waals surface area (Å²) in [5, 5.41) is 4.28. The van der Waals surface area contributed by atoms with Crippen LogP contribution in [-0.4, -0.2) is 19.6 Å². The molecule has 0 aliphatic carbocycles. The molecule has 0 fully saturated rings. The lowest BCUT2D eigenvalue weighted by molar-refractivity contribution is 0.593. The van der Waals surface area contributed by atoms with Gasteiger partial charge in [0.15, 0.2) is 5.65 Å². The number of rotatable bonds is 1. The largest absolute Gasteiger partial charge is 0.221 e. The third-order valence-electron chi connectivity index (χ3n) is 2.61. The van der Waals surface area contributed by atoms with E-state index in [-0.39, 0.29) is 5.41 Å². The smallest absolute Gasteiger partial charge is 0.162 e. The molecule has 2 aromatic heterocycles. The van der Waals surface area contributed by atoms with Crippen LogP contribution in [-0.2, 0) is 5.41 Å². The predicted octanol–water partition coefficient (Wildman–Crippen LogP) is 2.55. The van der Waals surface area contributed by atoms with Crippen molar-refractivity contribution in [2.24, 2.45) is 0 Å². The zero-order chi connectivity index (χ0) is 11.9. The van der Waals surface area contributed by atoms with E-state index in [1.165, 1.54) is 0 Å². The van der Waals surface area contributed by atoms with Gasteiger partial charge in [0.1, 0.15) is 12.2 Å². The van der Waals surface area contributed by atoms with Gasteiger partial charge in [0.25, 0.3) is 0 Å². The maximum Gasteiger partial charge on any atom is 0.162 e. The topological polar surface area (TPSA) is 43.1 Å². The van der Waals surface area contributed by atoms with Crippen LogP contribution in [0.1, 0.15) is 51.9 Å². The van der Waals surface area contributed by atoms with Crippen LogP contribution in [0.15, 0.2) is 12.5 Å². The molecule has 0 saturated heterocycles. The summed E-state index contributed by atoms with van der Waals surface area (Å²) in [5.74, 6) is 1.21. The van der Waals surface area contributed by atoms with Crippen LogP contribution >= 0.6 is 0 Å². The highest BCUT2D eigenvalue weighted by Gasteiger charge is 2.20. The van der Waals surface area contributed by atoms with E-state index in [1.54, 1.807) is 10.8 Å². The maximum atomic E-state index is 4.59. The van der Waals surface area contributed by atoms with Crippen LogP contribution in [0.2, 0.25) is 0 Å². The predicted molar refractivity (Wildman–Crippen MR) is 63.6 cm³/mol. The monoisotopic (exact) mass is 218 g/mol. The van der Waals surface area contributed by atoms with E-state index in [0.717, 1.165) is 17.0 Å². The van der Waals surface area contributed by atoms with E-state index in [1.807, 2.05) is 6.20 Å². The molecule has 2 heterocycles. The molecule has 86 valence electrons. The summed E-state index contributed by atoms with van der Waals surface area (Å²) in [6.45, 7) is 10.7. The lowest BCUT2D eigenvalue weighted by atomic mass is 9.89. The highest BCUT2D eigenvalue weighted by Crippen LogP contribution is 2.25. The molecule has 0 N–H and O–H groups in total. The first-order valence-electron chi connectivity index (χ1n) is 5.60. The van der Waals surface area contributed by atoms with Crippen LogP contribution < -0.4 is 0 Å². The summed E-state index contributed by atoms with van der Waals surface area (Å²) in [6.07, 6.45) is 3.63. The molecule has 0 bridgehead atoms. The van der Waals surface area contributed by atoms with Gasteiger partial charge in [-0.05, 0) is 5.41 Å². The first-order chi connectivity index (χ1) is 7.39. The molecular weight excluding hydrogens is 200 g/mol. The third-order valence-corrected chi connectivity index (χ3v) is 2.61. The molecule has 0 aromatic carbocycles. The summed E-state index contributed by atoms with van der Waals surface area (Å²) < 4.78 is 1.74. The number of hydrogen-bond acceptors (Lipinski definition) is 3. The first-order valence-corrected chi connectivity index (χ1v) is 5.60. The normalized spacial score (nSPS) is 12.6. The highest BCUT2D eigenvalue weighted by molar-refractivity contribution is 5.49. The molecule has 2 aromatic rings. The molecular formula is C12H18N4. The Bertz CT molecular complexity index is 505. The second-order valence-electron chi connectivity index (χ2n) is 5.45. The van der Waals surface area contributed by atoms with Gasteiger partial charge >= 0.3 is 0 Å². The van der Waals surface area contributed by atoms with Crippen LogP contribution in [0.3, 0.4) is 0 Å². The zero-order valence-electron chi connectivity index (χ0n) is 10.5. The molecule has 0 unspecified atom stereocenters. The van der Waals surface area contributed by atoms with E-state index in [9.17, 15) is 0 Å². The van der Waals surface area contributed by atoms with Crippen LogP contribution in [0.4, 0.5) is 0 Å². The quantitative estimate of drug-likeness (QED) is 0.738. The van der Waals surface area contributed by atoms with E-state index in [2.05, 4.69) is 49.7 Å². The molecule has 0 radical (unpaired) electrons. The summed E-state index contributed by atoms with van der Waals surface area (Å²) in [5.41, 5.74) is 2.15. The van der Waals surface area contributed by atoms with Crippen molar-refractivity contribution >= 4 is 5.65 Å². The van der Waals surface area contributed by atoms with Gasteiger partial charge in [-0.15, -0.1) is 0 Å². The standard InChI is InChI=1S/C12H18N4/c1-8(2)10-13-7-16-11(15-10)9(6-14-16)12(3,4)5/h6-8H,1-5H3. The van der Waals surface area contributed by atoms with Crippen molar-refractivity contribution in [3.8, 4) is 0 Å². The zero-order valence-corrected chi connectivity index (χ0v) is 10.5. The van der Waals surface area contributed by atoms with Gasteiger partial charge in [-0.25, -0.2) is 14.5 Å². The van der Waals surface area contributed by atoms with E-state index < -0.39 is 0 Å². The van der Waals surface area contributed by atoms with E-state index in [0.29, 0.717) is 5.92 Å². The average Bonchev–Trinajstić information content (AvgIpc) is 2.58. The number of hydrogen-bond donors (Lipinski definition) is 0. The molecule has 4 nitrogen and oxygen atoms in total. The number of nitrogens with zero attached hydrogens (tertiary/aromatic N) is 4. The minimum Gasteiger partial charge on any atom is -0.221 e. The summed E-state index contributed by atoms with van der Waals surface area (Å²) >= 11 is 0. The Labute approximate surface area is 95.7 Å². The Morgan fingerprint density at radius 1 is 1.25 bits per heavy atom. The fraction of sp³-hybridized carbons (Fsp3) is 0.583. The molecule has 2 rings (SSSR count). The molecule has 0 aliphatic rings. The van der Waals surface area contributed by atoms with Crippen molar-refractivity contribution in [3.63, 3.8) is 0 Å². The SMILES string of the molecule is CC(C)c1ncn2ncc(C(C)(C)C)c2n1. The van der Waals surface area contributed by atoms with Crippen molar-refractivity contribution in [2.75, 3.05) is 0 Å². The van der Waals surface area contributed by atoms with Gasteiger partial charge in [0.05, 0.1) is 6.20 Å². The molecule has 16 heavy (non-hydrogen) atoms. The van der Waals surface area contributed by atoms with Crippen molar-refractivity contribution in [1.82, 2.24) is 19.6 Å². The number of fused-ring (bicyclic) bond motifs is 1. The Morgan fingerprint density at radius 3 is 2.50 bits per heavy atom. The van der Waals surface area contributed by atoms with Gasteiger partial charge < -0.3 is 0 Å². The Morgan fingerprint density at radius 2 is 1.94 bits per heavy atom. The average molecular weight is 218 g/mol. The Hall–Kier alpha value is -1.45. The summed E-state index contributed by atoms with van der Waals surface area (Å²) in [6, 6.07) is 0. The van der Waals surface area contributed by atoms with Crippen molar-refractivity contribution in [2.45, 2.75) is 46.0 Å². The molecule has 0 saturated carbocycles. The van der Waals surface area contributed by atoms with Crippen LogP contribution in [0.5, 0.6) is 0 Å². The van der Waals surface area contributed by atoms with Gasteiger partial charge in [0, 0.05) is 11.5 Å². The lowest BCUT2D eigenvalue weighted by Gasteiger charge is -2.16. The molecule has 0 atom stereocenters. The van der Waals surface area contributed by atoms with Gasteiger partial charge in [-0.1, -0.05) is 34.6 Å². The Kier molecular flexibility index (Phi) is 2.45. The first kappa shape index (κ1) is 11.0. The molecule has 4 heteroatoms. The fourth-order valence-electron chi connectivity index (χ4n) is 1.61. The minimum absolute atomic E-state index is 0.0599. The molecule has 0 spiro atoms. The van der Waals surface area contributed by atoms with E-state index in [4.69, 9.17) is 0 Å². The summed E-state index contributed by atoms with van der Waals surface area (Å²) in [7, 11) is 0. The highest BCUT2D eigenvalue weighted by atomic mass is 15.3. The third kappa shape index (κ3) is 1.79. The number of aromatic nitrogens is 4. The van der Waals surface area contributed by atoms with Gasteiger partial charge in [-0.3, -0.25) is 0 Å². The second-order valence-corrected chi connectivity index (χ2v) is 5.45. The van der Waals surface area contributed by atoms with E-state index >= 15 is 0 Å². The fourth-order valence-corrected chi connectivity index (χ4v) is 1.61. The van der Waals surface area contributed by atoms with Crippen molar-refractivity contribution in [3.05, 3.63) is 23.9 Å². The van der Waals surface area contributed by atoms with Gasteiger partial charge in [0.2, 0.25) is 0 Å². The van der Waals surface area contributed by atoms with Crippen LogP contribution in [0.25, 0.3) is 5.65 Å². The van der Waals surface area contributed by atoms with Crippen LogP contribution in [0, 0.1) is 0 Å². The lowest BCUT2D eigenvalue weighted by Crippen LogP contribution is -2.12. The Balaban J connectivity index is 2.65. The molecule has 0 aliphatic heterocycles. The van der Waals surface area contributed by atoms with Crippen molar-refractivity contribution in [1.29, 1.82) is 0 Å². The second kappa shape index (κ2) is 3.54. The van der Waals surface area contributed by atoms with Gasteiger partial charge in [-0.2, -0.15) is 5.10 Å². The summed E-state index contributed by atoms with van der Waals surface area (Å²) in [4.78, 5) is 8.88. The van der Waals surface area contributed by atoms with Crippen molar-refractivity contribution < 1.29 is 0 Å². The minimum atomic E-state index is 0.0599.